The Morgan fingerprint density at radius 1 is 1.53 bits per heavy atom. The van der Waals surface area contributed by atoms with E-state index >= 15 is 0 Å². The fraction of sp³-hybridized carbons (Fsp3) is 0.800. The van der Waals surface area contributed by atoms with Gasteiger partial charge in [0.25, 0.3) is 0 Å². The summed E-state index contributed by atoms with van der Waals surface area (Å²) in [6.07, 6.45) is 2.72. The Kier molecular flexibility index (Phi) is 4.08. The molecule has 3 N–H and O–H groups in total. The van der Waals surface area contributed by atoms with Crippen molar-refractivity contribution in [2.75, 3.05) is 13.1 Å². The van der Waals surface area contributed by atoms with Crippen molar-refractivity contribution in [2.24, 2.45) is 11.7 Å². The fourth-order valence-electron chi connectivity index (χ4n) is 1.42. The van der Waals surface area contributed by atoms with Crippen molar-refractivity contribution in [3.05, 3.63) is 0 Å². The highest BCUT2D eigenvalue weighted by Gasteiger charge is 2.29. The van der Waals surface area contributed by atoms with E-state index in [4.69, 9.17) is 10.8 Å². The number of aliphatic carboxylic acids is 1. The molecular formula is C10H18N2O3. The van der Waals surface area contributed by atoms with E-state index in [-0.39, 0.29) is 12.5 Å². The molecule has 1 fully saturated rings. The van der Waals surface area contributed by atoms with Gasteiger partial charge in [-0.25, -0.2) is 0 Å². The molecule has 1 saturated carbocycles. The summed E-state index contributed by atoms with van der Waals surface area (Å²) >= 11 is 0. The molecule has 0 bridgehead atoms. The zero-order chi connectivity index (χ0) is 11.4. The number of nitrogens with zero attached hydrogens (tertiary/aromatic N) is 1. The minimum Gasteiger partial charge on any atom is -0.480 e. The summed E-state index contributed by atoms with van der Waals surface area (Å²) in [5.41, 5.74) is 5.61. The first-order valence-corrected chi connectivity index (χ1v) is 5.30. The topological polar surface area (TPSA) is 83.6 Å². The Morgan fingerprint density at radius 2 is 2.13 bits per heavy atom. The summed E-state index contributed by atoms with van der Waals surface area (Å²) in [5.74, 6) is -0.739. The average Bonchev–Trinajstić information content (AvgIpc) is 2.97. The predicted octanol–water partition coefficient (Wildman–Crippen LogP) is 0.0469. The monoisotopic (exact) mass is 214 g/mol. The summed E-state index contributed by atoms with van der Waals surface area (Å²) in [5, 5.41) is 8.69. The van der Waals surface area contributed by atoms with Gasteiger partial charge in [0.15, 0.2) is 0 Å². The fourth-order valence-corrected chi connectivity index (χ4v) is 1.42. The minimum absolute atomic E-state index is 0.233. The van der Waals surface area contributed by atoms with Gasteiger partial charge in [-0.05, 0) is 25.2 Å². The van der Waals surface area contributed by atoms with Crippen molar-refractivity contribution in [1.29, 1.82) is 0 Å². The number of carboxylic acids is 1. The molecule has 15 heavy (non-hydrogen) atoms. The van der Waals surface area contributed by atoms with E-state index < -0.39 is 12.0 Å². The van der Waals surface area contributed by atoms with E-state index in [2.05, 4.69) is 0 Å². The van der Waals surface area contributed by atoms with Crippen LogP contribution >= 0.6 is 0 Å². The van der Waals surface area contributed by atoms with E-state index in [1.54, 1.807) is 0 Å². The van der Waals surface area contributed by atoms with Crippen LogP contribution < -0.4 is 5.73 Å². The van der Waals surface area contributed by atoms with Gasteiger partial charge in [-0.3, -0.25) is 9.59 Å². The molecule has 0 spiro atoms. The van der Waals surface area contributed by atoms with Crippen LogP contribution in [0.1, 0.15) is 26.2 Å². The van der Waals surface area contributed by atoms with Gasteiger partial charge in [0, 0.05) is 6.54 Å². The third-order valence-electron chi connectivity index (χ3n) is 2.57. The van der Waals surface area contributed by atoms with Crippen LogP contribution in [0.4, 0.5) is 0 Å². The van der Waals surface area contributed by atoms with Gasteiger partial charge in [0.1, 0.15) is 6.54 Å². The van der Waals surface area contributed by atoms with Crippen LogP contribution in [0, 0.1) is 5.92 Å². The van der Waals surface area contributed by atoms with Crippen LogP contribution in [0.2, 0.25) is 0 Å². The first-order valence-electron chi connectivity index (χ1n) is 5.30. The van der Waals surface area contributed by atoms with Gasteiger partial charge >= 0.3 is 5.97 Å². The summed E-state index contributed by atoms with van der Waals surface area (Å²) in [4.78, 5) is 23.7. The molecule has 5 nitrogen and oxygen atoms in total. The van der Waals surface area contributed by atoms with Crippen LogP contribution in [0.3, 0.4) is 0 Å². The molecule has 0 saturated heterocycles. The van der Waals surface area contributed by atoms with E-state index in [0.29, 0.717) is 18.9 Å². The molecule has 1 atom stereocenters. The largest absolute Gasteiger partial charge is 0.480 e. The third kappa shape index (κ3) is 3.87. The smallest absolute Gasteiger partial charge is 0.323 e. The summed E-state index contributed by atoms with van der Waals surface area (Å²) in [6.45, 7) is 2.13. The molecule has 5 heteroatoms. The molecule has 0 aromatic carbocycles. The lowest BCUT2D eigenvalue weighted by atomic mass is 10.2. The number of carboxylic acid groups (broad SMARTS) is 1. The number of nitrogens with two attached hydrogens (primary N) is 1. The molecule has 0 heterocycles. The Hall–Kier alpha value is -1.10. The van der Waals surface area contributed by atoms with Gasteiger partial charge < -0.3 is 15.7 Å². The number of carbonyl (C=O) groups is 2. The zero-order valence-corrected chi connectivity index (χ0v) is 8.98. The molecule has 0 radical (unpaired) electrons. The van der Waals surface area contributed by atoms with Gasteiger partial charge in [-0.15, -0.1) is 0 Å². The van der Waals surface area contributed by atoms with Crippen molar-refractivity contribution in [3.63, 3.8) is 0 Å². The maximum atomic E-state index is 11.7. The number of hydrogen-bond acceptors (Lipinski definition) is 3. The molecule has 1 aliphatic rings. The van der Waals surface area contributed by atoms with Crippen LogP contribution in [0.5, 0.6) is 0 Å². The molecule has 0 aromatic rings. The lowest BCUT2D eigenvalue weighted by Crippen LogP contribution is -2.46. The van der Waals surface area contributed by atoms with E-state index in [1.165, 1.54) is 4.90 Å². The van der Waals surface area contributed by atoms with Crippen molar-refractivity contribution < 1.29 is 14.7 Å². The first kappa shape index (κ1) is 12.0. The van der Waals surface area contributed by atoms with Crippen LogP contribution in [0.15, 0.2) is 0 Å². The molecule has 1 aliphatic carbocycles. The molecular weight excluding hydrogens is 196 g/mol. The quantitative estimate of drug-likeness (QED) is 0.654. The molecule has 0 aromatic heterocycles. The molecule has 0 aliphatic heterocycles. The molecule has 1 rings (SSSR count). The van der Waals surface area contributed by atoms with Crippen LogP contribution in [0.25, 0.3) is 0 Å². The van der Waals surface area contributed by atoms with Crippen molar-refractivity contribution in [1.82, 2.24) is 4.90 Å². The SMILES string of the molecule is CC[C@@H](N)C(=O)N(CC(=O)O)CC1CC1. The number of amides is 1. The van der Waals surface area contributed by atoms with Gasteiger partial charge in [-0.2, -0.15) is 0 Å². The summed E-state index contributed by atoms with van der Waals surface area (Å²) < 4.78 is 0. The second-order valence-corrected chi connectivity index (χ2v) is 4.07. The normalized spacial score (nSPS) is 17.2. The zero-order valence-electron chi connectivity index (χ0n) is 8.98. The maximum absolute atomic E-state index is 11.7. The number of rotatable bonds is 6. The van der Waals surface area contributed by atoms with Gasteiger partial charge in [0.2, 0.25) is 5.91 Å². The van der Waals surface area contributed by atoms with Gasteiger partial charge in [-0.1, -0.05) is 6.92 Å². The lowest BCUT2D eigenvalue weighted by Gasteiger charge is -2.23. The van der Waals surface area contributed by atoms with Gasteiger partial charge in [0.05, 0.1) is 6.04 Å². The second-order valence-electron chi connectivity index (χ2n) is 4.07. The lowest BCUT2D eigenvalue weighted by molar-refractivity contribution is -0.145. The molecule has 1 amide bonds. The predicted molar refractivity (Wildman–Crippen MR) is 55.2 cm³/mol. The van der Waals surface area contributed by atoms with Crippen LogP contribution in [-0.4, -0.2) is 41.0 Å². The minimum atomic E-state index is -0.979. The Bertz CT molecular complexity index is 251. The van der Waals surface area contributed by atoms with E-state index in [1.807, 2.05) is 6.92 Å². The van der Waals surface area contributed by atoms with Crippen molar-refractivity contribution in [2.45, 2.75) is 32.2 Å². The highest BCUT2D eigenvalue weighted by atomic mass is 16.4. The highest BCUT2D eigenvalue weighted by Crippen LogP contribution is 2.29. The summed E-state index contributed by atoms with van der Waals surface area (Å²) in [7, 11) is 0. The second kappa shape index (κ2) is 5.11. The van der Waals surface area contributed by atoms with Crippen LogP contribution in [-0.2, 0) is 9.59 Å². The summed E-state index contributed by atoms with van der Waals surface area (Å²) in [6, 6.07) is -0.567. The number of carbonyl (C=O) groups excluding carboxylic acids is 1. The molecule has 0 unspecified atom stereocenters. The standard InChI is InChI=1S/C10H18N2O3/c1-2-8(11)10(15)12(6-9(13)14)5-7-3-4-7/h7-8H,2-6,11H2,1H3,(H,13,14)/t8-/m1/s1. The average molecular weight is 214 g/mol. The number of hydrogen-bond donors (Lipinski definition) is 2. The maximum Gasteiger partial charge on any atom is 0.323 e. The molecule has 86 valence electrons. The van der Waals surface area contributed by atoms with E-state index in [9.17, 15) is 9.59 Å². The third-order valence-corrected chi connectivity index (χ3v) is 2.57. The Morgan fingerprint density at radius 3 is 2.53 bits per heavy atom. The van der Waals surface area contributed by atoms with Crippen molar-refractivity contribution >= 4 is 11.9 Å². The van der Waals surface area contributed by atoms with Crippen molar-refractivity contribution in [3.8, 4) is 0 Å². The first-order chi connectivity index (χ1) is 7.04. The highest BCUT2D eigenvalue weighted by molar-refractivity contribution is 5.85. The Labute approximate surface area is 89.2 Å². The van der Waals surface area contributed by atoms with E-state index in [0.717, 1.165) is 12.8 Å². The Balaban J connectivity index is 2.52.